The van der Waals surface area contributed by atoms with Crippen LogP contribution in [0.5, 0.6) is 5.75 Å². The average molecular weight is 423 g/mol. The van der Waals surface area contributed by atoms with Crippen LogP contribution in [-0.4, -0.2) is 45.7 Å². The molecule has 0 aliphatic carbocycles. The van der Waals surface area contributed by atoms with Crippen molar-refractivity contribution >= 4 is 5.82 Å². The van der Waals surface area contributed by atoms with E-state index >= 15 is 0 Å². The van der Waals surface area contributed by atoms with Crippen LogP contribution in [0.25, 0.3) is 0 Å². The molecule has 1 N–H and O–H groups in total. The van der Waals surface area contributed by atoms with E-state index in [1.165, 1.54) is 6.07 Å². The van der Waals surface area contributed by atoms with Gasteiger partial charge < -0.3 is 14.6 Å². The number of rotatable bonds is 5. The normalized spacial score (nSPS) is 15.8. The Hall–Kier alpha value is -3.19. The molecule has 2 aromatic heterocycles. The Morgan fingerprint density at radius 3 is 2.45 bits per heavy atom. The molecule has 3 aromatic rings. The number of nitrogens with zero attached hydrogens (tertiary/aromatic N) is 4. The van der Waals surface area contributed by atoms with Crippen LogP contribution in [0, 0.1) is 12.7 Å². The molecule has 1 atom stereocenters. The minimum Gasteiger partial charge on any atom is -0.507 e. The number of hydrogen-bond acceptors (Lipinski definition) is 5. The lowest BCUT2D eigenvalue weighted by atomic mass is 9.95. The highest BCUT2D eigenvalue weighted by atomic mass is 19.1. The highest BCUT2D eigenvalue weighted by molar-refractivity contribution is 5.43. The smallest absolute Gasteiger partial charge is 0.259 e. The maximum atomic E-state index is 14.9. The first-order valence-electron chi connectivity index (χ1n) is 10.6. The van der Waals surface area contributed by atoms with Gasteiger partial charge in [0.15, 0.2) is 0 Å². The highest BCUT2D eigenvalue weighted by Gasteiger charge is 2.33. The molecule has 1 fully saturated rings. The lowest BCUT2D eigenvalue weighted by Gasteiger charge is -2.40. The van der Waals surface area contributed by atoms with E-state index in [1.807, 2.05) is 25.1 Å². The van der Waals surface area contributed by atoms with Crippen LogP contribution in [0.2, 0.25) is 0 Å². The number of benzene rings is 1. The van der Waals surface area contributed by atoms with Gasteiger partial charge in [-0.25, -0.2) is 9.37 Å². The fourth-order valence-electron chi connectivity index (χ4n) is 4.40. The molecule has 1 saturated heterocycles. The first-order valence-corrected chi connectivity index (χ1v) is 10.6. The van der Waals surface area contributed by atoms with Gasteiger partial charge in [-0.2, -0.15) is 0 Å². The lowest BCUT2D eigenvalue weighted by molar-refractivity contribution is 0.203. The summed E-state index contributed by atoms with van der Waals surface area (Å²) in [7, 11) is 0. The summed E-state index contributed by atoms with van der Waals surface area (Å²) >= 11 is 0. The molecule has 0 bridgehead atoms. The van der Waals surface area contributed by atoms with Gasteiger partial charge in [-0.1, -0.05) is 24.3 Å². The van der Waals surface area contributed by atoms with Crippen molar-refractivity contribution in [3.63, 3.8) is 0 Å². The Morgan fingerprint density at radius 1 is 1.10 bits per heavy atom. The number of aromatic hydroxyl groups is 1. The molecule has 3 heterocycles. The minimum absolute atomic E-state index is 0.0902. The number of halogens is 1. The molecule has 1 aliphatic rings. The van der Waals surface area contributed by atoms with Crippen molar-refractivity contribution in [2.24, 2.45) is 0 Å². The number of aromatic nitrogens is 2. The molecule has 0 saturated carbocycles. The molecule has 1 aliphatic heterocycles. The lowest BCUT2D eigenvalue weighted by Crippen LogP contribution is -2.49. The monoisotopic (exact) mass is 422 g/mol. The molecular formula is C24H27FN4O2. The highest BCUT2D eigenvalue weighted by Crippen LogP contribution is 2.34. The van der Waals surface area contributed by atoms with Gasteiger partial charge >= 0.3 is 0 Å². The number of pyridine rings is 2. The average Bonchev–Trinajstić information content (AvgIpc) is 2.78. The van der Waals surface area contributed by atoms with E-state index in [1.54, 1.807) is 42.0 Å². The second-order valence-electron chi connectivity index (χ2n) is 7.77. The summed E-state index contributed by atoms with van der Waals surface area (Å²) in [6.45, 7) is 6.75. The standard InChI is InChI=1S/C24H27FN4O2/c1-3-29-17(2)16-20(30)22(24(29)31)23(18-8-4-5-9-19(18)25)28-14-12-27(13-15-28)21-10-6-7-11-26-21/h4-11,16,23,30H,3,12-15H2,1-2H3. The van der Waals surface area contributed by atoms with Gasteiger partial charge in [-0.05, 0) is 38.1 Å². The maximum Gasteiger partial charge on any atom is 0.259 e. The maximum absolute atomic E-state index is 14.9. The third-order valence-corrected chi connectivity index (χ3v) is 5.97. The van der Waals surface area contributed by atoms with Crippen molar-refractivity contribution in [2.45, 2.75) is 26.4 Å². The fourth-order valence-corrected chi connectivity index (χ4v) is 4.40. The molecule has 1 unspecified atom stereocenters. The molecule has 31 heavy (non-hydrogen) atoms. The summed E-state index contributed by atoms with van der Waals surface area (Å²) in [5, 5.41) is 10.8. The fraction of sp³-hybridized carbons (Fsp3) is 0.333. The van der Waals surface area contributed by atoms with Gasteiger partial charge in [-0.3, -0.25) is 9.69 Å². The van der Waals surface area contributed by atoms with E-state index in [9.17, 15) is 14.3 Å². The SMILES string of the molecule is CCn1c(C)cc(O)c(C(c2ccccc2F)N2CCN(c3ccccn3)CC2)c1=O. The van der Waals surface area contributed by atoms with Crippen molar-refractivity contribution in [3.8, 4) is 5.75 Å². The zero-order valence-electron chi connectivity index (χ0n) is 17.8. The Labute approximate surface area is 181 Å². The summed E-state index contributed by atoms with van der Waals surface area (Å²) < 4.78 is 16.5. The molecule has 0 amide bonds. The van der Waals surface area contributed by atoms with Gasteiger partial charge in [0.2, 0.25) is 0 Å². The second kappa shape index (κ2) is 8.89. The third kappa shape index (κ3) is 4.05. The minimum atomic E-state index is -0.669. The Kier molecular flexibility index (Phi) is 6.04. The van der Waals surface area contributed by atoms with Crippen LogP contribution in [0.1, 0.15) is 29.8 Å². The van der Waals surface area contributed by atoms with E-state index in [-0.39, 0.29) is 22.7 Å². The molecule has 0 radical (unpaired) electrons. The number of anilines is 1. The van der Waals surface area contributed by atoms with Crippen molar-refractivity contribution < 1.29 is 9.50 Å². The van der Waals surface area contributed by atoms with E-state index in [0.717, 1.165) is 5.82 Å². The quantitative estimate of drug-likeness (QED) is 0.684. The molecule has 4 rings (SSSR count). The molecule has 6 nitrogen and oxygen atoms in total. The van der Waals surface area contributed by atoms with E-state index in [0.29, 0.717) is 44.0 Å². The first-order chi connectivity index (χ1) is 15.0. The van der Waals surface area contributed by atoms with E-state index < -0.39 is 6.04 Å². The van der Waals surface area contributed by atoms with Gasteiger partial charge in [0, 0.05) is 50.2 Å². The second-order valence-corrected chi connectivity index (χ2v) is 7.77. The number of aryl methyl sites for hydroxylation is 1. The van der Waals surface area contributed by atoms with E-state index in [4.69, 9.17) is 0 Å². The molecule has 7 heteroatoms. The topological polar surface area (TPSA) is 61.6 Å². The van der Waals surface area contributed by atoms with Crippen LogP contribution in [-0.2, 0) is 6.54 Å². The predicted octanol–water partition coefficient (Wildman–Crippen LogP) is 3.33. The van der Waals surface area contributed by atoms with Gasteiger partial charge in [0.25, 0.3) is 5.56 Å². The number of hydrogen-bond donors (Lipinski definition) is 1. The summed E-state index contributed by atoms with van der Waals surface area (Å²) in [5.74, 6) is 0.422. The van der Waals surface area contributed by atoms with E-state index in [2.05, 4.69) is 14.8 Å². The Morgan fingerprint density at radius 2 is 1.81 bits per heavy atom. The zero-order chi connectivity index (χ0) is 22.0. The van der Waals surface area contributed by atoms with Crippen molar-refractivity contribution in [1.82, 2.24) is 14.5 Å². The summed E-state index contributed by atoms with van der Waals surface area (Å²) in [6.07, 6.45) is 1.77. The van der Waals surface area contributed by atoms with Crippen molar-refractivity contribution in [3.05, 3.63) is 87.7 Å². The van der Waals surface area contributed by atoms with Crippen LogP contribution < -0.4 is 10.5 Å². The van der Waals surface area contributed by atoms with Crippen LogP contribution >= 0.6 is 0 Å². The zero-order valence-corrected chi connectivity index (χ0v) is 17.8. The Balaban J connectivity index is 1.75. The summed E-state index contributed by atoms with van der Waals surface area (Å²) in [4.78, 5) is 22.0. The van der Waals surface area contributed by atoms with Crippen LogP contribution in [0.15, 0.2) is 59.5 Å². The molecule has 1 aromatic carbocycles. The number of piperazine rings is 1. The predicted molar refractivity (Wildman–Crippen MR) is 119 cm³/mol. The summed E-state index contributed by atoms with van der Waals surface area (Å²) in [5.41, 5.74) is 1.03. The van der Waals surface area contributed by atoms with Crippen LogP contribution in [0.3, 0.4) is 0 Å². The molecular weight excluding hydrogens is 395 g/mol. The molecule has 162 valence electrons. The van der Waals surface area contributed by atoms with Crippen LogP contribution in [0.4, 0.5) is 10.2 Å². The molecule has 0 spiro atoms. The largest absolute Gasteiger partial charge is 0.507 e. The van der Waals surface area contributed by atoms with Gasteiger partial charge in [0.05, 0.1) is 11.6 Å². The van der Waals surface area contributed by atoms with Crippen molar-refractivity contribution in [1.29, 1.82) is 0 Å². The third-order valence-electron chi connectivity index (χ3n) is 5.97. The van der Waals surface area contributed by atoms with Gasteiger partial charge in [-0.15, -0.1) is 0 Å². The van der Waals surface area contributed by atoms with Crippen molar-refractivity contribution in [2.75, 3.05) is 31.1 Å². The summed E-state index contributed by atoms with van der Waals surface area (Å²) in [6, 6.07) is 13.2. The Bertz CT molecular complexity index is 1110. The first kappa shape index (κ1) is 21.1. The van der Waals surface area contributed by atoms with Gasteiger partial charge in [0.1, 0.15) is 17.4 Å².